The van der Waals surface area contributed by atoms with Gasteiger partial charge in [-0.1, -0.05) is 0 Å². The minimum absolute atomic E-state index is 0.574. The summed E-state index contributed by atoms with van der Waals surface area (Å²) in [5, 5.41) is 6.82. The van der Waals surface area contributed by atoms with Gasteiger partial charge in [0.25, 0.3) is 0 Å². The summed E-state index contributed by atoms with van der Waals surface area (Å²) < 4.78 is 10.4. The number of anilines is 1. The Labute approximate surface area is 119 Å². The van der Waals surface area contributed by atoms with Crippen LogP contribution in [0.3, 0.4) is 0 Å². The van der Waals surface area contributed by atoms with Gasteiger partial charge in [-0.25, -0.2) is 0 Å². The highest BCUT2D eigenvalue weighted by Crippen LogP contribution is 2.28. The zero-order valence-electron chi connectivity index (χ0n) is 11.8. The summed E-state index contributed by atoms with van der Waals surface area (Å²) in [6.07, 6.45) is 0. The molecule has 19 heavy (non-hydrogen) atoms. The average molecular weight is 283 g/mol. The SMILES string of the molecule is COc1ccc(NC(=S)NCCN(C)C)c(OC)c1. The first-order valence-corrected chi connectivity index (χ1v) is 6.39. The van der Waals surface area contributed by atoms with Crippen molar-refractivity contribution in [3.05, 3.63) is 18.2 Å². The number of hydrogen-bond acceptors (Lipinski definition) is 4. The molecular formula is C13H21N3O2S. The predicted molar refractivity (Wildman–Crippen MR) is 82.3 cm³/mol. The smallest absolute Gasteiger partial charge is 0.170 e. The second-order valence-corrected chi connectivity index (χ2v) is 4.66. The lowest BCUT2D eigenvalue weighted by Gasteiger charge is -2.15. The Hall–Kier alpha value is -1.53. The Morgan fingerprint density at radius 1 is 1.26 bits per heavy atom. The Kier molecular flexibility index (Phi) is 6.38. The Morgan fingerprint density at radius 3 is 2.58 bits per heavy atom. The van der Waals surface area contributed by atoms with Crippen molar-refractivity contribution >= 4 is 23.0 Å². The highest BCUT2D eigenvalue weighted by Gasteiger charge is 2.06. The van der Waals surface area contributed by atoms with E-state index in [0.29, 0.717) is 10.9 Å². The second-order valence-electron chi connectivity index (χ2n) is 4.25. The highest BCUT2D eigenvalue weighted by molar-refractivity contribution is 7.80. The van der Waals surface area contributed by atoms with Gasteiger partial charge in [0.1, 0.15) is 11.5 Å². The first-order chi connectivity index (χ1) is 9.06. The van der Waals surface area contributed by atoms with Crippen LogP contribution in [0.25, 0.3) is 0 Å². The van der Waals surface area contributed by atoms with Gasteiger partial charge in [0.2, 0.25) is 0 Å². The van der Waals surface area contributed by atoms with E-state index in [-0.39, 0.29) is 0 Å². The van der Waals surface area contributed by atoms with Crippen molar-refractivity contribution in [1.29, 1.82) is 0 Å². The lowest BCUT2D eigenvalue weighted by Crippen LogP contribution is -2.34. The van der Waals surface area contributed by atoms with Gasteiger partial charge in [-0.2, -0.15) is 0 Å². The molecule has 0 saturated carbocycles. The molecule has 0 amide bonds. The van der Waals surface area contributed by atoms with E-state index in [1.807, 2.05) is 32.3 Å². The van der Waals surface area contributed by atoms with Crippen molar-refractivity contribution in [2.24, 2.45) is 0 Å². The summed E-state index contributed by atoms with van der Waals surface area (Å²) in [5.41, 5.74) is 0.811. The van der Waals surface area contributed by atoms with Crippen LogP contribution in [0, 0.1) is 0 Å². The van der Waals surface area contributed by atoms with Crippen molar-refractivity contribution in [3.8, 4) is 11.5 Å². The molecule has 0 unspecified atom stereocenters. The molecule has 106 valence electrons. The van der Waals surface area contributed by atoms with Crippen molar-refractivity contribution in [2.75, 3.05) is 46.7 Å². The number of nitrogens with zero attached hydrogens (tertiary/aromatic N) is 1. The molecule has 0 aliphatic carbocycles. The fourth-order valence-electron chi connectivity index (χ4n) is 1.46. The van der Waals surface area contributed by atoms with Crippen LogP contribution in [-0.2, 0) is 0 Å². The lowest BCUT2D eigenvalue weighted by atomic mass is 10.2. The predicted octanol–water partition coefficient (Wildman–Crippen LogP) is 1.55. The molecule has 0 radical (unpaired) electrons. The number of thiocarbonyl (C=S) groups is 1. The third kappa shape index (κ3) is 5.32. The molecular weight excluding hydrogens is 262 g/mol. The highest BCUT2D eigenvalue weighted by atomic mass is 32.1. The first kappa shape index (κ1) is 15.5. The summed E-state index contributed by atoms with van der Waals surface area (Å²) in [6, 6.07) is 5.54. The fraction of sp³-hybridized carbons (Fsp3) is 0.462. The van der Waals surface area contributed by atoms with Crippen LogP contribution in [0.1, 0.15) is 0 Å². The molecule has 0 fully saturated rings. The van der Waals surface area contributed by atoms with E-state index in [1.54, 1.807) is 14.2 Å². The summed E-state index contributed by atoms with van der Waals surface area (Å²) >= 11 is 5.23. The van der Waals surface area contributed by atoms with Crippen molar-refractivity contribution in [1.82, 2.24) is 10.2 Å². The Bertz CT molecular complexity index is 424. The van der Waals surface area contributed by atoms with Gasteiger partial charge >= 0.3 is 0 Å². The molecule has 2 N–H and O–H groups in total. The van der Waals surface area contributed by atoms with E-state index in [1.165, 1.54) is 0 Å². The van der Waals surface area contributed by atoms with Crippen LogP contribution in [0.2, 0.25) is 0 Å². The molecule has 5 nitrogen and oxygen atoms in total. The molecule has 0 saturated heterocycles. The molecule has 0 aliphatic rings. The molecule has 1 aromatic carbocycles. The summed E-state index contributed by atoms with van der Waals surface area (Å²) in [5.74, 6) is 1.44. The third-order valence-electron chi connectivity index (χ3n) is 2.50. The maximum Gasteiger partial charge on any atom is 0.170 e. The molecule has 1 aromatic rings. The second kappa shape index (κ2) is 7.81. The van der Waals surface area contributed by atoms with E-state index in [9.17, 15) is 0 Å². The molecule has 0 aromatic heterocycles. The monoisotopic (exact) mass is 283 g/mol. The van der Waals surface area contributed by atoms with Gasteiger partial charge in [-0.3, -0.25) is 0 Å². The van der Waals surface area contributed by atoms with Gasteiger partial charge in [0, 0.05) is 19.2 Å². The Balaban J connectivity index is 2.58. The summed E-state index contributed by atoms with van der Waals surface area (Å²) in [6.45, 7) is 1.71. The van der Waals surface area contributed by atoms with Gasteiger partial charge in [0.15, 0.2) is 5.11 Å². The van der Waals surface area contributed by atoms with Crippen molar-refractivity contribution in [3.63, 3.8) is 0 Å². The number of likely N-dealkylation sites (N-methyl/N-ethyl adjacent to an activating group) is 1. The van der Waals surface area contributed by atoms with E-state index in [2.05, 4.69) is 15.5 Å². The minimum atomic E-state index is 0.574. The largest absolute Gasteiger partial charge is 0.497 e. The summed E-state index contributed by atoms with van der Waals surface area (Å²) in [7, 11) is 7.27. The zero-order chi connectivity index (χ0) is 14.3. The van der Waals surface area contributed by atoms with Gasteiger partial charge < -0.3 is 25.0 Å². The number of methoxy groups -OCH3 is 2. The molecule has 1 rings (SSSR count). The number of nitrogens with one attached hydrogen (secondary N) is 2. The molecule has 0 aliphatic heterocycles. The van der Waals surface area contributed by atoms with E-state index in [4.69, 9.17) is 21.7 Å². The van der Waals surface area contributed by atoms with E-state index < -0.39 is 0 Å². The Morgan fingerprint density at radius 2 is 2.00 bits per heavy atom. The lowest BCUT2D eigenvalue weighted by molar-refractivity contribution is 0.395. The van der Waals surface area contributed by atoms with Gasteiger partial charge in [-0.05, 0) is 38.4 Å². The van der Waals surface area contributed by atoms with Crippen LogP contribution in [0.4, 0.5) is 5.69 Å². The average Bonchev–Trinajstić information content (AvgIpc) is 2.38. The van der Waals surface area contributed by atoms with Crippen LogP contribution in [0.5, 0.6) is 11.5 Å². The number of rotatable bonds is 6. The minimum Gasteiger partial charge on any atom is -0.497 e. The zero-order valence-corrected chi connectivity index (χ0v) is 12.6. The molecule has 0 heterocycles. The van der Waals surface area contributed by atoms with E-state index in [0.717, 1.165) is 24.5 Å². The van der Waals surface area contributed by atoms with Crippen LogP contribution < -0.4 is 20.1 Å². The normalized spacial score (nSPS) is 10.2. The van der Waals surface area contributed by atoms with Gasteiger partial charge in [-0.15, -0.1) is 0 Å². The molecule has 0 atom stereocenters. The van der Waals surface area contributed by atoms with Crippen LogP contribution in [0.15, 0.2) is 18.2 Å². The van der Waals surface area contributed by atoms with Crippen LogP contribution >= 0.6 is 12.2 Å². The van der Waals surface area contributed by atoms with Crippen molar-refractivity contribution < 1.29 is 9.47 Å². The number of ether oxygens (including phenoxy) is 2. The quantitative estimate of drug-likeness (QED) is 0.773. The topological polar surface area (TPSA) is 45.8 Å². The molecule has 0 bridgehead atoms. The molecule has 6 heteroatoms. The number of benzene rings is 1. The van der Waals surface area contributed by atoms with Crippen molar-refractivity contribution in [2.45, 2.75) is 0 Å². The maximum absolute atomic E-state index is 5.29. The van der Waals surface area contributed by atoms with Gasteiger partial charge in [0.05, 0.1) is 19.9 Å². The standard InChI is InChI=1S/C13H21N3O2S/c1-16(2)8-7-14-13(19)15-11-6-5-10(17-3)9-12(11)18-4/h5-6,9H,7-8H2,1-4H3,(H2,14,15,19). The molecule has 0 spiro atoms. The van der Waals surface area contributed by atoms with Crippen LogP contribution in [-0.4, -0.2) is 51.4 Å². The van der Waals surface area contributed by atoms with E-state index >= 15 is 0 Å². The first-order valence-electron chi connectivity index (χ1n) is 5.98. The summed E-state index contributed by atoms with van der Waals surface area (Å²) in [4.78, 5) is 2.09. The maximum atomic E-state index is 5.29. The third-order valence-corrected chi connectivity index (χ3v) is 2.75. The number of hydrogen-bond donors (Lipinski definition) is 2. The fourth-order valence-corrected chi connectivity index (χ4v) is 1.67.